The van der Waals surface area contributed by atoms with Gasteiger partial charge in [0.1, 0.15) is 12.4 Å². The van der Waals surface area contributed by atoms with Crippen molar-refractivity contribution >= 4 is 5.82 Å². The highest BCUT2D eigenvalue weighted by molar-refractivity contribution is 5.52. The summed E-state index contributed by atoms with van der Waals surface area (Å²) in [6.45, 7) is 6.01. The summed E-state index contributed by atoms with van der Waals surface area (Å²) in [5.74, 6) is 1.16. The standard InChI is InChI=1S/C23H37N5O/c1-27-13-5-6-18(27)17-29-22-25-20-16-23(8-3-2-4-9-23)10-7-19(20)21(26-22)28-14-11-24-12-15-28/h18,24H,2-17H2,1H3/t18-/m0/s1. The van der Waals surface area contributed by atoms with Crippen LogP contribution in [0.2, 0.25) is 0 Å². The summed E-state index contributed by atoms with van der Waals surface area (Å²) in [4.78, 5) is 14.9. The maximum absolute atomic E-state index is 6.23. The smallest absolute Gasteiger partial charge is 0.318 e. The predicted molar refractivity (Wildman–Crippen MR) is 116 cm³/mol. The van der Waals surface area contributed by atoms with E-state index < -0.39 is 0 Å². The molecule has 1 aromatic rings. The summed E-state index contributed by atoms with van der Waals surface area (Å²) in [6.07, 6.45) is 13.0. The van der Waals surface area contributed by atoms with Crippen LogP contribution in [-0.4, -0.2) is 67.3 Å². The van der Waals surface area contributed by atoms with Crippen LogP contribution in [-0.2, 0) is 12.8 Å². The molecule has 4 aliphatic rings. The second-order valence-electron chi connectivity index (χ2n) is 9.82. The molecule has 2 saturated heterocycles. The first-order valence-electron chi connectivity index (χ1n) is 11.9. The number of nitrogens with one attached hydrogen (secondary N) is 1. The molecule has 1 aromatic heterocycles. The Balaban J connectivity index is 1.41. The van der Waals surface area contributed by atoms with E-state index in [2.05, 4.69) is 22.2 Å². The topological polar surface area (TPSA) is 53.5 Å². The van der Waals surface area contributed by atoms with Gasteiger partial charge >= 0.3 is 6.01 Å². The highest BCUT2D eigenvalue weighted by Crippen LogP contribution is 2.47. The number of aromatic nitrogens is 2. The van der Waals surface area contributed by atoms with Crippen LogP contribution >= 0.6 is 0 Å². The molecule has 3 fully saturated rings. The van der Waals surface area contributed by atoms with Crippen LogP contribution in [0.5, 0.6) is 6.01 Å². The van der Waals surface area contributed by atoms with E-state index in [-0.39, 0.29) is 0 Å². The average Bonchev–Trinajstić information content (AvgIpc) is 3.17. The summed E-state index contributed by atoms with van der Waals surface area (Å²) < 4.78 is 6.23. The molecule has 1 saturated carbocycles. The third kappa shape index (κ3) is 4.11. The number of ether oxygens (including phenoxy) is 1. The monoisotopic (exact) mass is 399 g/mol. The van der Waals surface area contributed by atoms with Gasteiger partial charge in [-0.25, -0.2) is 0 Å². The van der Waals surface area contributed by atoms with Gasteiger partial charge in [-0.05, 0) is 64.0 Å². The van der Waals surface area contributed by atoms with E-state index >= 15 is 0 Å². The molecule has 1 atom stereocenters. The van der Waals surface area contributed by atoms with Crippen molar-refractivity contribution < 1.29 is 4.74 Å². The third-order valence-electron chi connectivity index (χ3n) is 7.91. The first-order valence-corrected chi connectivity index (χ1v) is 11.9. The van der Waals surface area contributed by atoms with Crippen LogP contribution in [0.1, 0.15) is 62.6 Å². The van der Waals surface area contributed by atoms with Crippen LogP contribution in [0.15, 0.2) is 0 Å². The Morgan fingerprint density at radius 2 is 1.86 bits per heavy atom. The summed E-state index contributed by atoms with van der Waals surface area (Å²) in [5, 5.41) is 3.47. The Morgan fingerprint density at radius 3 is 2.62 bits per heavy atom. The Kier molecular flexibility index (Phi) is 5.65. The molecule has 2 aliphatic carbocycles. The summed E-state index contributed by atoms with van der Waals surface area (Å²) >= 11 is 0. The Hall–Kier alpha value is -1.40. The highest BCUT2D eigenvalue weighted by Gasteiger charge is 2.38. The van der Waals surface area contributed by atoms with Gasteiger partial charge in [-0.2, -0.15) is 9.97 Å². The van der Waals surface area contributed by atoms with Crippen molar-refractivity contribution in [2.75, 3.05) is 51.3 Å². The largest absolute Gasteiger partial charge is 0.462 e. The molecule has 160 valence electrons. The predicted octanol–water partition coefficient (Wildman–Crippen LogP) is 2.80. The second-order valence-corrected chi connectivity index (χ2v) is 9.82. The minimum atomic E-state index is 0.489. The minimum absolute atomic E-state index is 0.489. The normalized spacial score (nSPS) is 27.2. The van der Waals surface area contributed by atoms with Gasteiger partial charge in [0.2, 0.25) is 0 Å². The maximum atomic E-state index is 6.23. The second kappa shape index (κ2) is 8.38. The highest BCUT2D eigenvalue weighted by atomic mass is 16.5. The van der Waals surface area contributed by atoms with E-state index in [1.807, 2.05) is 0 Å². The lowest BCUT2D eigenvalue weighted by Gasteiger charge is -2.42. The van der Waals surface area contributed by atoms with E-state index in [0.29, 0.717) is 24.1 Å². The Labute approximate surface area is 175 Å². The number of nitrogens with zero attached hydrogens (tertiary/aromatic N) is 4. The zero-order valence-corrected chi connectivity index (χ0v) is 18.1. The van der Waals surface area contributed by atoms with Crippen LogP contribution in [0.3, 0.4) is 0 Å². The van der Waals surface area contributed by atoms with Gasteiger partial charge in [-0.3, -0.25) is 0 Å². The molecule has 6 heteroatoms. The number of fused-ring (bicyclic) bond motifs is 1. The fourth-order valence-electron chi connectivity index (χ4n) is 6.02. The molecule has 2 aliphatic heterocycles. The molecular weight excluding hydrogens is 362 g/mol. The molecule has 0 bridgehead atoms. The Bertz CT molecular complexity index is 711. The van der Waals surface area contributed by atoms with Crippen molar-refractivity contribution in [3.05, 3.63) is 11.3 Å². The van der Waals surface area contributed by atoms with Gasteiger partial charge in [-0.1, -0.05) is 19.3 Å². The fourth-order valence-corrected chi connectivity index (χ4v) is 6.02. The van der Waals surface area contributed by atoms with E-state index in [4.69, 9.17) is 14.7 Å². The van der Waals surface area contributed by atoms with E-state index in [0.717, 1.165) is 44.8 Å². The molecule has 1 spiro atoms. The zero-order chi connectivity index (χ0) is 19.7. The molecule has 0 radical (unpaired) electrons. The molecule has 0 amide bonds. The van der Waals surface area contributed by atoms with Crippen molar-refractivity contribution in [3.8, 4) is 6.01 Å². The third-order valence-corrected chi connectivity index (χ3v) is 7.91. The van der Waals surface area contributed by atoms with Gasteiger partial charge in [0.15, 0.2) is 0 Å². The summed E-state index contributed by atoms with van der Waals surface area (Å²) in [5.41, 5.74) is 3.19. The molecular formula is C23H37N5O. The molecule has 0 aromatic carbocycles. The molecule has 1 N–H and O–H groups in total. The summed E-state index contributed by atoms with van der Waals surface area (Å²) in [7, 11) is 2.20. The van der Waals surface area contributed by atoms with Crippen molar-refractivity contribution in [1.82, 2.24) is 20.2 Å². The summed E-state index contributed by atoms with van der Waals surface area (Å²) in [6, 6.07) is 1.12. The van der Waals surface area contributed by atoms with E-state index in [9.17, 15) is 0 Å². The van der Waals surface area contributed by atoms with Crippen molar-refractivity contribution in [2.45, 2.75) is 70.3 Å². The van der Waals surface area contributed by atoms with Crippen LogP contribution in [0.4, 0.5) is 5.82 Å². The van der Waals surface area contributed by atoms with Gasteiger partial charge in [0, 0.05) is 37.8 Å². The number of likely N-dealkylation sites (tertiary alicyclic amines) is 1. The average molecular weight is 400 g/mol. The molecule has 0 unspecified atom stereocenters. The molecule has 3 heterocycles. The molecule has 29 heavy (non-hydrogen) atoms. The number of piperazine rings is 1. The van der Waals surface area contributed by atoms with Gasteiger partial charge in [0.05, 0.1) is 5.69 Å². The van der Waals surface area contributed by atoms with Crippen LogP contribution in [0.25, 0.3) is 0 Å². The van der Waals surface area contributed by atoms with Crippen molar-refractivity contribution in [2.24, 2.45) is 5.41 Å². The molecule has 6 nitrogen and oxygen atoms in total. The van der Waals surface area contributed by atoms with Crippen molar-refractivity contribution in [3.63, 3.8) is 0 Å². The fraction of sp³-hybridized carbons (Fsp3) is 0.826. The first-order chi connectivity index (χ1) is 14.2. The zero-order valence-electron chi connectivity index (χ0n) is 18.1. The lowest BCUT2D eigenvalue weighted by molar-refractivity contribution is 0.157. The van der Waals surface area contributed by atoms with Crippen LogP contribution in [0, 0.1) is 5.41 Å². The SMILES string of the molecule is CN1CCC[C@H]1COc1nc2c(c(N3CCNCC3)n1)CCC1(CCCCC1)C2. The van der Waals surface area contributed by atoms with Crippen molar-refractivity contribution in [1.29, 1.82) is 0 Å². The lowest BCUT2D eigenvalue weighted by Crippen LogP contribution is -2.45. The first kappa shape index (κ1) is 19.6. The Morgan fingerprint density at radius 1 is 1.03 bits per heavy atom. The van der Waals surface area contributed by atoms with Crippen LogP contribution < -0.4 is 15.0 Å². The van der Waals surface area contributed by atoms with Gasteiger partial charge in [0.25, 0.3) is 0 Å². The number of anilines is 1. The number of likely N-dealkylation sites (N-methyl/N-ethyl adjacent to an activating group) is 1. The number of hydrogen-bond acceptors (Lipinski definition) is 6. The quantitative estimate of drug-likeness (QED) is 0.840. The van der Waals surface area contributed by atoms with Gasteiger partial charge in [-0.15, -0.1) is 0 Å². The van der Waals surface area contributed by atoms with E-state index in [1.54, 1.807) is 0 Å². The minimum Gasteiger partial charge on any atom is -0.462 e. The number of rotatable bonds is 4. The lowest BCUT2D eigenvalue weighted by atomic mass is 9.65. The maximum Gasteiger partial charge on any atom is 0.318 e. The van der Waals surface area contributed by atoms with Gasteiger partial charge < -0.3 is 19.9 Å². The number of hydrogen-bond donors (Lipinski definition) is 1. The molecule has 5 rings (SSSR count). The van der Waals surface area contributed by atoms with E-state index in [1.165, 1.54) is 69.2 Å².